The quantitative estimate of drug-likeness (QED) is 0.794. The zero-order valence-corrected chi connectivity index (χ0v) is 14.9. The predicted octanol–water partition coefficient (Wildman–Crippen LogP) is 2.92. The van der Waals surface area contributed by atoms with Crippen LogP contribution in [0.25, 0.3) is 0 Å². The molecule has 0 aliphatic heterocycles. The topological polar surface area (TPSA) is 18.5 Å². The Balaban J connectivity index is 2.89. The number of hydrogen-bond donors (Lipinski definition) is 1. The molecule has 3 unspecified atom stereocenters. The Hall–Kier alpha value is -0.900. The van der Waals surface area contributed by atoms with Crippen molar-refractivity contribution in [1.82, 2.24) is 15.1 Å². The maximum absolute atomic E-state index is 3.51. The first-order valence-electron chi connectivity index (χ1n) is 8.05. The summed E-state index contributed by atoms with van der Waals surface area (Å²) in [5.41, 5.74) is 2.68. The summed E-state index contributed by atoms with van der Waals surface area (Å²) in [6.07, 6.45) is 0. The fourth-order valence-electron chi connectivity index (χ4n) is 3.29. The van der Waals surface area contributed by atoms with Gasteiger partial charge in [-0.1, -0.05) is 36.8 Å². The standard InChI is InChI=1S/C18H33N3/c1-8-21(15(3)13-20(6)7)16(4)18(19-5)17-11-9-14(2)10-12-17/h9-12,15-16,18-19H,8,13H2,1-7H3. The summed E-state index contributed by atoms with van der Waals surface area (Å²) in [6.45, 7) is 11.2. The molecule has 1 aromatic rings. The molecule has 1 rings (SSSR count). The predicted molar refractivity (Wildman–Crippen MR) is 92.8 cm³/mol. The van der Waals surface area contributed by atoms with Crippen LogP contribution in [0.5, 0.6) is 0 Å². The molecule has 0 bridgehead atoms. The molecule has 0 radical (unpaired) electrons. The third kappa shape index (κ3) is 5.10. The number of benzene rings is 1. The first kappa shape index (κ1) is 18.1. The summed E-state index contributed by atoms with van der Waals surface area (Å²) in [7, 11) is 6.35. The van der Waals surface area contributed by atoms with Crippen LogP contribution in [0.1, 0.15) is 37.9 Å². The Morgan fingerprint density at radius 1 is 1.10 bits per heavy atom. The maximum atomic E-state index is 3.51. The van der Waals surface area contributed by atoms with E-state index in [4.69, 9.17) is 0 Å². The lowest BCUT2D eigenvalue weighted by Gasteiger charge is -2.39. The molecular formula is C18H33N3. The van der Waals surface area contributed by atoms with Gasteiger partial charge in [0.1, 0.15) is 0 Å². The van der Waals surface area contributed by atoms with Crippen molar-refractivity contribution >= 4 is 0 Å². The molecule has 0 aliphatic carbocycles. The molecule has 0 aliphatic rings. The Kier molecular flexibility index (Phi) is 7.36. The molecule has 0 saturated heterocycles. The highest BCUT2D eigenvalue weighted by Crippen LogP contribution is 2.22. The highest BCUT2D eigenvalue weighted by atomic mass is 15.2. The van der Waals surface area contributed by atoms with Crippen molar-refractivity contribution in [3.63, 3.8) is 0 Å². The van der Waals surface area contributed by atoms with Gasteiger partial charge in [-0.25, -0.2) is 0 Å². The van der Waals surface area contributed by atoms with Gasteiger partial charge in [0.25, 0.3) is 0 Å². The molecule has 3 heteroatoms. The number of hydrogen-bond acceptors (Lipinski definition) is 3. The number of nitrogens with zero attached hydrogens (tertiary/aromatic N) is 2. The molecular weight excluding hydrogens is 258 g/mol. The summed E-state index contributed by atoms with van der Waals surface area (Å²) in [5.74, 6) is 0. The molecule has 0 spiro atoms. The number of aryl methyl sites for hydroxylation is 1. The molecule has 0 fully saturated rings. The Morgan fingerprint density at radius 2 is 1.67 bits per heavy atom. The van der Waals surface area contributed by atoms with Crippen molar-refractivity contribution in [3.8, 4) is 0 Å². The number of nitrogens with one attached hydrogen (secondary N) is 1. The van der Waals surface area contributed by atoms with Gasteiger partial charge in [0.2, 0.25) is 0 Å². The van der Waals surface area contributed by atoms with Crippen LogP contribution >= 0.6 is 0 Å². The van der Waals surface area contributed by atoms with Crippen LogP contribution in [-0.2, 0) is 0 Å². The minimum absolute atomic E-state index is 0.357. The lowest BCUT2D eigenvalue weighted by atomic mass is 9.97. The Morgan fingerprint density at radius 3 is 2.10 bits per heavy atom. The summed E-state index contributed by atoms with van der Waals surface area (Å²) in [6, 6.07) is 10.3. The van der Waals surface area contributed by atoms with Crippen LogP contribution in [0.4, 0.5) is 0 Å². The summed E-state index contributed by atoms with van der Waals surface area (Å²) in [4.78, 5) is 4.85. The average molecular weight is 291 g/mol. The van der Waals surface area contributed by atoms with E-state index in [0.29, 0.717) is 18.1 Å². The van der Waals surface area contributed by atoms with Crippen molar-refractivity contribution in [2.75, 3.05) is 34.2 Å². The van der Waals surface area contributed by atoms with E-state index in [1.54, 1.807) is 0 Å². The van der Waals surface area contributed by atoms with Gasteiger partial charge >= 0.3 is 0 Å². The largest absolute Gasteiger partial charge is 0.312 e. The average Bonchev–Trinajstić information content (AvgIpc) is 2.41. The molecule has 120 valence electrons. The molecule has 1 aromatic carbocycles. The summed E-state index contributed by atoms with van der Waals surface area (Å²) < 4.78 is 0. The monoisotopic (exact) mass is 291 g/mol. The molecule has 0 amide bonds. The van der Waals surface area contributed by atoms with E-state index >= 15 is 0 Å². The van der Waals surface area contributed by atoms with Gasteiger partial charge in [0.15, 0.2) is 0 Å². The molecule has 3 nitrogen and oxygen atoms in total. The second kappa shape index (κ2) is 8.52. The highest BCUT2D eigenvalue weighted by molar-refractivity contribution is 5.25. The molecule has 0 aromatic heterocycles. The Bertz CT molecular complexity index is 399. The first-order valence-corrected chi connectivity index (χ1v) is 8.05. The van der Waals surface area contributed by atoms with E-state index in [9.17, 15) is 0 Å². The fourth-order valence-corrected chi connectivity index (χ4v) is 3.29. The van der Waals surface area contributed by atoms with Crippen molar-refractivity contribution in [2.45, 2.75) is 45.8 Å². The van der Waals surface area contributed by atoms with Crippen molar-refractivity contribution < 1.29 is 0 Å². The van der Waals surface area contributed by atoms with Gasteiger partial charge in [-0.05, 0) is 54.0 Å². The normalized spacial score (nSPS) is 16.2. The van der Waals surface area contributed by atoms with E-state index in [2.05, 4.69) is 88.2 Å². The van der Waals surface area contributed by atoms with Gasteiger partial charge in [-0.2, -0.15) is 0 Å². The third-order valence-corrected chi connectivity index (χ3v) is 4.31. The second-order valence-electron chi connectivity index (χ2n) is 6.36. The third-order valence-electron chi connectivity index (χ3n) is 4.31. The Labute approximate surface area is 131 Å². The van der Waals surface area contributed by atoms with Crippen LogP contribution < -0.4 is 5.32 Å². The fraction of sp³-hybridized carbons (Fsp3) is 0.667. The summed E-state index contributed by atoms with van der Waals surface area (Å²) >= 11 is 0. The molecule has 0 heterocycles. The second-order valence-corrected chi connectivity index (χ2v) is 6.36. The lowest BCUT2D eigenvalue weighted by Crippen LogP contribution is -2.49. The van der Waals surface area contributed by atoms with E-state index in [-0.39, 0.29) is 0 Å². The summed E-state index contributed by atoms with van der Waals surface area (Å²) in [5, 5.41) is 3.51. The van der Waals surface area contributed by atoms with E-state index < -0.39 is 0 Å². The number of likely N-dealkylation sites (N-methyl/N-ethyl adjacent to an activating group) is 3. The zero-order valence-electron chi connectivity index (χ0n) is 14.9. The van der Waals surface area contributed by atoms with Gasteiger partial charge < -0.3 is 10.2 Å². The number of rotatable bonds is 8. The molecule has 3 atom stereocenters. The first-order chi connectivity index (χ1) is 9.90. The zero-order chi connectivity index (χ0) is 16.0. The van der Waals surface area contributed by atoms with Crippen molar-refractivity contribution in [1.29, 1.82) is 0 Å². The molecule has 0 saturated carbocycles. The minimum Gasteiger partial charge on any atom is -0.312 e. The molecule has 21 heavy (non-hydrogen) atoms. The van der Waals surface area contributed by atoms with E-state index in [1.165, 1.54) is 11.1 Å². The SMILES string of the molecule is CCN(C(C)CN(C)C)C(C)C(NC)c1ccc(C)cc1. The van der Waals surface area contributed by atoms with Gasteiger partial charge in [0, 0.05) is 24.7 Å². The van der Waals surface area contributed by atoms with Crippen LogP contribution in [0, 0.1) is 6.92 Å². The van der Waals surface area contributed by atoms with Crippen molar-refractivity contribution in [3.05, 3.63) is 35.4 Å². The van der Waals surface area contributed by atoms with Crippen LogP contribution in [-0.4, -0.2) is 56.1 Å². The highest BCUT2D eigenvalue weighted by Gasteiger charge is 2.26. The van der Waals surface area contributed by atoms with Crippen LogP contribution in [0.3, 0.4) is 0 Å². The van der Waals surface area contributed by atoms with Crippen molar-refractivity contribution in [2.24, 2.45) is 0 Å². The smallest absolute Gasteiger partial charge is 0.0473 e. The van der Waals surface area contributed by atoms with Crippen LogP contribution in [0.15, 0.2) is 24.3 Å². The molecule has 1 N–H and O–H groups in total. The van der Waals surface area contributed by atoms with E-state index in [1.807, 2.05) is 0 Å². The van der Waals surface area contributed by atoms with Crippen LogP contribution in [0.2, 0.25) is 0 Å². The van der Waals surface area contributed by atoms with Gasteiger partial charge in [-0.15, -0.1) is 0 Å². The van der Waals surface area contributed by atoms with Gasteiger partial charge in [0.05, 0.1) is 0 Å². The maximum Gasteiger partial charge on any atom is 0.0473 e. The lowest BCUT2D eigenvalue weighted by molar-refractivity contribution is 0.113. The minimum atomic E-state index is 0.357. The van der Waals surface area contributed by atoms with Gasteiger partial charge in [-0.3, -0.25) is 4.90 Å². The van der Waals surface area contributed by atoms with E-state index in [0.717, 1.165) is 13.1 Å².